The standard InChI is InChI=1S/C23H19FN2O3S/c1-29-20-10-4-9-19(13-20)26-21(27)14-30-23(26)16-6-3-8-18(12-16)25-22(28)15-5-2-7-17(24)11-15/h2-13,23H,14H2,1H3,(H,25,28)/t23-/m1/s1. The van der Waals surface area contributed by atoms with Gasteiger partial charge < -0.3 is 10.1 Å². The van der Waals surface area contributed by atoms with Crippen LogP contribution in [-0.2, 0) is 4.79 Å². The Morgan fingerprint density at radius 3 is 2.70 bits per heavy atom. The maximum Gasteiger partial charge on any atom is 0.255 e. The van der Waals surface area contributed by atoms with E-state index >= 15 is 0 Å². The molecule has 1 fully saturated rings. The average Bonchev–Trinajstić information content (AvgIpc) is 3.15. The van der Waals surface area contributed by atoms with Gasteiger partial charge in [-0.2, -0.15) is 0 Å². The highest BCUT2D eigenvalue weighted by molar-refractivity contribution is 8.00. The monoisotopic (exact) mass is 422 g/mol. The second-order valence-electron chi connectivity index (χ2n) is 6.72. The van der Waals surface area contributed by atoms with E-state index in [2.05, 4.69) is 5.32 Å². The number of nitrogens with zero attached hydrogens (tertiary/aromatic N) is 1. The number of hydrogen-bond donors (Lipinski definition) is 1. The molecule has 5 nitrogen and oxygen atoms in total. The molecule has 1 heterocycles. The van der Waals surface area contributed by atoms with Crippen LogP contribution in [0.25, 0.3) is 0 Å². The Morgan fingerprint density at radius 2 is 1.90 bits per heavy atom. The summed E-state index contributed by atoms with van der Waals surface area (Å²) in [6, 6.07) is 20.2. The minimum atomic E-state index is -0.466. The molecule has 0 bridgehead atoms. The third kappa shape index (κ3) is 4.16. The zero-order valence-corrected chi connectivity index (χ0v) is 17.0. The van der Waals surface area contributed by atoms with Gasteiger partial charge >= 0.3 is 0 Å². The topological polar surface area (TPSA) is 58.6 Å². The molecule has 7 heteroatoms. The number of benzene rings is 3. The third-order valence-electron chi connectivity index (χ3n) is 4.72. The first kappa shape index (κ1) is 20.0. The second-order valence-corrected chi connectivity index (χ2v) is 7.79. The Labute approximate surface area is 177 Å². The molecule has 1 atom stereocenters. The molecule has 3 aromatic rings. The number of anilines is 2. The van der Waals surface area contributed by atoms with Crippen LogP contribution < -0.4 is 15.0 Å². The molecular weight excluding hydrogens is 403 g/mol. The van der Waals surface area contributed by atoms with Gasteiger partial charge in [0.05, 0.1) is 12.9 Å². The second kappa shape index (κ2) is 8.59. The molecule has 0 spiro atoms. The van der Waals surface area contributed by atoms with Gasteiger partial charge in [0.15, 0.2) is 0 Å². The van der Waals surface area contributed by atoms with Crippen molar-refractivity contribution in [2.75, 3.05) is 23.1 Å². The molecule has 0 unspecified atom stereocenters. The summed E-state index contributed by atoms with van der Waals surface area (Å²) in [6.07, 6.45) is 0. The van der Waals surface area contributed by atoms with Crippen LogP contribution in [0.3, 0.4) is 0 Å². The molecule has 0 saturated carbocycles. The number of thioether (sulfide) groups is 1. The summed E-state index contributed by atoms with van der Waals surface area (Å²) in [5.41, 5.74) is 2.45. The van der Waals surface area contributed by atoms with Crippen molar-refractivity contribution in [3.63, 3.8) is 0 Å². The lowest BCUT2D eigenvalue weighted by atomic mass is 10.1. The van der Waals surface area contributed by atoms with Gasteiger partial charge in [-0.3, -0.25) is 14.5 Å². The lowest BCUT2D eigenvalue weighted by Gasteiger charge is -2.25. The Kier molecular flexibility index (Phi) is 5.72. The van der Waals surface area contributed by atoms with E-state index in [1.54, 1.807) is 24.1 Å². The van der Waals surface area contributed by atoms with Gasteiger partial charge in [-0.25, -0.2) is 4.39 Å². The maximum absolute atomic E-state index is 13.4. The normalized spacial score (nSPS) is 15.9. The van der Waals surface area contributed by atoms with Crippen LogP contribution in [0.2, 0.25) is 0 Å². The molecule has 1 aliphatic heterocycles. The fourth-order valence-electron chi connectivity index (χ4n) is 3.31. The predicted molar refractivity (Wildman–Crippen MR) is 116 cm³/mol. The van der Waals surface area contributed by atoms with Crippen molar-refractivity contribution in [2.24, 2.45) is 0 Å². The third-order valence-corrected chi connectivity index (χ3v) is 5.93. The van der Waals surface area contributed by atoms with Crippen LogP contribution in [0.5, 0.6) is 5.75 Å². The van der Waals surface area contributed by atoms with Crippen molar-refractivity contribution < 1.29 is 18.7 Å². The van der Waals surface area contributed by atoms with Crippen LogP contribution >= 0.6 is 11.8 Å². The van der Waals surface area contributed by atoms with E-state index < -0.39 is 11.7 Å². The Morgan fingerprint density at radius 1 is 1.10 bits per heavy atom. The lowest BCUT2D eigenvalue weighted by molar-refractivity contribution is -0.115. The summed E-state index contributed by atoms with van der Waals surface area (Å²) >= 11 is 1.52. The quantitative estimate of drug-likeness (QED) is 0.638. The number of carbonyl (C=O) groups is 2. The van der Waals surface area contributed by atoms with E-state index in [1.807, 2.05) is 42.5 Å². The molecule has 1 saturated heterocycles. The highest BCUT2D eigenvalue weighted by Gasteiger charge is 2.34. The minimum Gasteiger partial charge on any atom is -0.497 e. The molecule has 152 valence electrons. The van der Waals surface area contributed by atoms with Crippen molar-refractivity contribution in [2.45, 2.75) is 5.37 Å². The summed E-state index contributed by atoms with van der Waals surface area (Å²) in [4.78, 5) is 26.8. The van der Waals surface area contributed by atoms with E-state index in [-0.39, 0.29) is 16.8 Å². The van der Waals surface area contributed by atoms with E-state index in [0.717, 1.165) is 11.3 Å². The van der Waals surface area contributed by atoms with Gasteiger partial charge in [0.1, 0.15) is 16.9 Å². The SMILES string of the molecule is COc1cccc(N2C(=O)CS[C@@H]2c2cccc(NC(=O)c3cccc(F)c3)c2)c1. The minimum absolute atomic E-state index is 0.00690. The van der Waals surface area contributed by atoms with Gasteiger partial charge in [-0.15, -0.1) is 11.8 Å². The molecule has 0 aliphatic carbocycles. The average molecular weight is 422 g/mol. The van der Waals surface area contributed by atoms with Crippen molar-refractivity contribution in [3.05, 3.63) is 89.7 Å². The molecule has 1 N–H and O–H groups in total. The van der Waals surface area contributed by atoms with Gasteiger partial charge in [-0.05, 0) is 48.0 Å². The molecule has 3 aromatic carbocycles. The number of amides is 2. The van der Waals surface area contributed by atoms with E-state index in [1.165, 1.54) is 30.0 Å². The summed E-state index contributed by atoms with van der Waals surface area (Å²) in [6.45, 7) is 0. The van der Waals surface area contributed by atoms with Crippen molar-refractivity contribution in [1.29, 1.82) is 0 Å². The molecule has 30 heavy (non-hydrogen) atoms. The summed E-state index contributed by atoms with van der Waals surface area (Å²) in [7, 11) is 1.59. The van der Waals surface area contributed by atoms with Crippen molar-refractivity contribution in [3.8, 4) is 5.75 Å². The highest BCUT2D eigenvalue weighted by atomic mass is 32.2. The smallest absolute Gasteiger partial charge is 0.255 e. The van der Waals surface area contributed by atoms with Crippen molar-refractivity contribution >= 4 is 35.0 Å². The summed E-state index contributed by atoms with van der Waals surface area (Å²) in [5.74, 6) is 0.180. The molecule has 0 aromatic heterocycles. The van der Waals surface area contributed by atoms with Crippen molar-refractivity contribution in [1.82, 2.24) is 0 Å². The Balaban J connectivity index is 1.59. The van der Waals surface area contributed by atoms with Crippen LogP contribution in [0.15, 0.2) is 72.8 Å². The summed E-state index contributed by atoms with van der Waals surface area (Å²) in [5, 5.41) is 2.57. The molecule has 2 amide bonds. The van der Waals surface area contributed by atoms with E-state index in [9.17, 15) is 14.0 Å². The number of rotatable bonds is 5. The number of ether oxygens (including phenoxy) is 1. The molecule has 4 rings (SSSR count). The summed E-state index contributed by atoms with van der Waals surface area (Å²) < 4.78 is 18.7. The molecular formula is C23H19FN2O3S. The van der Waals surface area contributed by atoms with Gasteiger partial charge in [0.25, 0.3) is 5.91 Å². The fraction of sp³-hybridized carbons (Fsp3) is 0.130. The fourth-order valence-corrected chi connectivity index (χ4v) is 4.48. The largest absolute Gasteiger partial charge is 0.497 e. The first-order chi connectivity index (χ1) is 14.5. The first-order valence-corrected chi connectivity index (χ1v) is 10.3. The number of carbonyl (C=O) groups excluding carboxylic acids is 2. The first-order valence-electron chi connectivity index (χ1n) is 9.30. The van der Waals surface area contributed by atoms with Crippen LogP contribution in [0.4, 0.5) is 15.8 Å². The van der Waals surface area contributed by atoms with Gasteiger partial charge in [-0.1, -0.05) is 24.3 Å². The zero-order chi connectivity index (χ0) is 21.1. The number of nitrogens with one attached hydrogen (secondary N) is 1. The van der Waals surface area contributed by atoms with E-state index in [4.69, 9.17) is 4.74 Å². The zero-order valence-electron chi connectivity index (χ0n) is 16.2. The predicted octanol–water partition coefficient (Wildman–Crippen LogP) is 4.87. The Bertz CT molecular complexity index is 1110. The van der Waals surface area contributed by atoms with Gasteiger partial charge in [0, 0.05) is 23.0 Å². The van der Waals surface area contributed by atoms with Crippen LogP contribution in [0.1, 0.15) is 21.3 Å². The molecule has 0 radical (unpaired) electrons. The molecule has 1 aliphatic rings. The van der Waals surface area contributed by atoms with Gasteiger partial charge in [0.2, 0.25) is 5.91 Å². The number of halogens is 1. The van der Waals surface area contributed by atoms with Crippen LogP contribution in [-0.4, -0.2) is 24.7 Å². The Hall–Kier alpha value is -3.32. The lowest BCUT2D eigenvalue weighted by Crippen LogP contribution is -2.27. The highest BCUT2D eigenvalue weighted by Crippen LogP contribution is 2.42. The van der Waals surface area contributed by atoms with Crippen LogP contribution in [0, 0.1) is 5.82 Å². The maximum atomic E-state index is 13.4. The number of hydrogen-bond acceptors (Lipinski definition) is 4. The number of methoxy groups -OCH3 is 1. The van der Waals surface area contributed by atoms with E-state index in [0.29, 0.717) is 17.2 Å².